The van der Waals surface area contributed by atoms with Crippen LogP contribution in [0.4, 0.5) is 0 Å². The van der Waals surface area contributed by atoms with Crippen LogP contribution in [-0.2, 0) is 0 Å². The molecule has 0 saturated carbocycles. The summed E-state index contributed by atoms with van der Waals surface area (Å²) in [5, 5.41) is 2.80. The number of halogens is 1. The molecule has 106 valence electrons. The summed E-state index contributed by atoms with van der Waals surface area (Å²) in [6, 6.07) is 18.4. The number of nitrogens with one attached hydrogen (secondary N) is 1. The summed E-state index contributed by atoms with van der Waals surface area (Å²) in [5.74, 6) is 0. The average Bonchev–Trinajstić information content (AvgIpc) is 2.93. The van der Waals surface area contributed by atoms with E-state index in [4.69, 9.17) is 11.6 Å². The van der Waals surface area contributed by atoms with Gasteiger partial charge in [0.1, 0.15) is 5.65 Å². The van der Waals surface area contributed by atoms with Crippen molar-refractivity contribution in [1.82, 2.24) is 9.97 Å². The molecule has 2 aromatic carbocycles. The van der Waals surface area contributed by atoms with E-state index in [1.807, 2.05) is 24.3 Å². The highest BCUT2D eigenvalue weighted by Gasteiger charge is 2.08. The van der Waals surface area contributed by atoms with Gasteiger partial charge in [0.05, 0.1) is 5.02 Å². The number of pyridine rings is 1. The van der Waals surface area contributed by atoms with Gasteiger partial charge < -0.3 is 4.98 Å². The van der Waals surface area contributed by atoms with Gasteiger partial charge in [0.25, 0.3) is 0 Å². The van der Waals surface area contributed by atoms with Crippen LogP contribution in [0, 0.1) is 0 Å². The predicted octanol–water partition coefficient (Wildman–Crippen LogP) is 5.54. The van der Waals surface area contributed by atoms with Crippen LogP contribution in [-0.4, -0.2) is 9.97 Å². The van der Waals surface area contributed by atoms with Crippen molar-refractivity contribution in [1.29, 1.82) is 0 Å². The normalized spacial score (nSPS) is 11.7. The Morgan fingerprint density at radius 3 is 2.59 bits per heavy atom. The number of fused-ring (bicyclic) bond motifs is 3. The Balaban J connectivity index is 1.83. The largest absolute Gasteiger partial charge is 0.339 e. The minimum Gasteiger partial charge on any atom is -0.339 e. The summed E-state index contributed by atoms with van der Waals surface area (Å²) >= 11 is 6.32. The average molecular weight is 305 g/mol. The van der Waals surface area contributed by atoms with E-state index in [9.17, 15) is 0 Å². The molecule has 22 heavy (non-hydrogen) atoms. The molecule has 0 saturated heterocycles. The van der Waals surface area contributed by atoms with Crippen LogP contribution >= 0.6 is 11.6 Å². The molecule has 2 nitrogen and oxygen atoms in total. The maximum Gasteiger partial charge on any atom is 0.139 e. The van der Waals surface area contributed by atoms with Crippen molar-refractivity contribution in [2.24, 2.45) is 0 Å². The van der Waals surface area contributed by atoms with Gasteiger partial charge in [0.2, 0.25) is 0 Å². The first kappa shape index (κ1) is 13.1. The van der Waals surface area contributed by atoms with Gasteiger partial charge in [-0.05, 0) is 29.3 Å². The second-order valence-electron chi connectivity index (χ2n) is 5.19. The lowest BCUT2D eigenvalue weighted by atomic mass is 10.1. The Bertz CT molecular complexity index is 984. The second-order valence-corrected chi connectivity index (χ2v) is 5.60. The van der Waals surface area contributed by atoms with Crippen molar-refractivity contribution in [3.05, 3.63) is 76.9 Å². The lowest BCUT2D eigenvalue weighted by Gasteiger charge is -1.97. The van der Waals surface area contributed by atoms with E-state index in [1.54, 1.807) is 6.20 Å². The lowest BCUT2D eigenvalue weighted by Crippen LogP contribution is -1.75. The molecule has 0 unspecified atom stereocenters. The van der Waals surface area contributed by atoms with Gasteiger partial charge in [-0.3, -0.25) is 0 Å². The fourth-order valence-corrected chi connectivity index (χ4v) is 2.90. The number of nitrogens with zero attached hydrogens (tertiary/aromatic N) is 1. The molecule has 0 bridgehead atoms. The zero-order chi connectivity index (χ0) is 14.9. The van der Waals surface area contributed by atoms with Crippen LogP contribution < -0.4 is 0 Å². The topological polar surface area (TPSA) is 28.7 Å². The smallest absolute Gasteiger partial charge is 0.139 e. The predicted molar refractivity (Wildman–Crippen MR) is 94.0 cm³/mol. The van der Waals surface area contributed by atoms with Crippen LogP contribution in [0.5, 0.6) is 0 Å². The van der Waals surface area contributed by atoms with Gasteiger partial charge in [-0.2, -0.15) is 0 Å². The van der Waals surface area contributed by atoms with E-state index in [-0.39, 0.29) is 0 Å². The van der Waals surface area contributed by atoms with E-state index < -0.39 is 0 Å². The fourth-order valence-electron chi connectivity index (χ4n) is 2.65. The summed E-state index contributed by atoms with van der Waals surface area (Å²) < 4.78 is 0. The van der Waals surface area contributed by atoms with E-state index in [2.05, 4.69) is 52.5 Å². The molecule has 0 amide bonds. The summed E-state index contributed by atoms with van der Waals surface area (Å²) in [6.07, 6.45) is 5.93. The molecular formula is C19H13ClN2. The van der Waals surface area contributed by atoms with Crippen molar-refractivity contribution in [3.8, 4) is 0 Å². The van der Waals surface area contributed by atoms with Crippen LogP contribution in [0.2, 0.25) is 5.02 Å². The zero-order valence-electron chi connectivity index (χ0n) is 11.8. The summed E-state index contributed by atoms with van der Waals surface area (Å²) in [5.41, 5.74) is 4.19. The van der Waals surface area contributed by atoms with E-state index in [0.717, 1.165) is 32.5 Å². The maximum absolute atomic E-state index is 6.32. The number of rotatable bonds is 2. The molecule has 2 heterocycles. The molecule has 4 aromatic rings. The Labute approximate surface area is 133 Å². The monoisotopic (exact) mass is 304 g/mol. The summed E-state index contributed by atoms with van der Waals surface area (Å²) in [6.45, 7) is 0. The number of benzene rings is 2. The van der Waals surface area contributed by atoms with Crippen LogP contribution in [0.15, 0.2) is 60.8 Å². The minimum absolute atomic E-state index is 0.723. The molecule has 0 atom stereocenters. The Hall–Kier alpha value is -2.58. The van der Waals surface area contributed by atoms with Gasteiger partial charge >= 0.3 is 0 Å². The summed E-state index contributed by atoms with van der Waals surface area (Å²) in [4.78, 5) is 7.64. The second kappa shape index (κ2) is 5.32. The van der Waals surface area contributed by atoms with Gasteiger partial charge in [-0.1, -0.05) is 60.2 Å². The molecule has 4 rings (SSSR count). The number of aromatic nitrogens is 2. The molecule has 0 aliphatic carbocycles. The first-order chi connectivity index (χ1) is 10.8. The number of hydrogen-bond acceptors (Lipinski definition) is 1. The van der Waals surface area contributed by atoms with Crippen molar-refractivity contribution in [2.75, 3.05) is 0 Å². The molecule has 0 radical (unpaired) electrons. The van der Waals surface area contributed by atoms with Crippen molar-refractivity contribution < 1.29 is 0 Å². The van der Waals surface area contributed by atoms with E-state index in [1.165, 1.54) is 5.56 Å². The van der Waals surface area contributed by atoms with Gasteiger partial charge in [0.15, 0.2) is 0 Å². The first-order valence-electron chi connectivity index (χ1n) is 7.10. The maximum atomic E-state index is 6.32. The third kappa shape index (κ3) is 2.28. The molecule has 1 N–H and O–H groups in total. The van der Waals surface area contributed by atoms with Gasteiger partial charge in [0, 0.05) is 22.5 Å². The number of hydrogen-bond donors (Lipinski definition) is 1. The third-order valence-corrected chi connectivity index (χ3v) is 4.05. The Morgan fingerprint density at radius 2 is 1.73 bits per heavy atom. The van der Waals surface area contributed by atoms with Crippen molar-refractivity contribution >= 4 is 45.7 Å². The fraction of sp³-hybridized carbons (Fsp3) is 0. The number of aromatic amines is 1. The summed E-state index contributed by atoms with van der Waals surface area (Å²) in [7, 11) is 0. The third-order valence-electron chi connectivity index (χ3n) is 3.73. The quantitative estimate of drug-likeness (QED) is 0.484. The zero-order valence-corrected chi connectivity index (χ0v) is 12.5. The standard InChI is InChI=1S/C19H13ClN2/c20-16-10-11-21-19-18(16)15-12-14(8-9-17(15)22-19)7-6-13-4-2-1-3-5-13/h1-12H,(H,21,22). The molecule has 2 aromatic heterocycles. The molecular weight excluding hydrogens is 292 g/mol. The Kier molecular flexibility index (Phi) is 3.17. The Morgan fingerprint density at radius 1 is 0.909 bits per heavy atom. The lowest BCUT2D eigenvalue weighted by molar-refractivity contribution is 1.35. The van der Waals surface area contributed by atoms with Crippen LogP contribution in [0.25, 0.3) is 34.1 Å². The van der Waals surface area contributed by atoms with E-state index in [0.29, 0.717) is 0 Å². The molecule has 0 aliphatic heterocycles. The van der Waals surface area contributed by atoms with Crippen molar-refractivity contribution in [3.63, 3.8) is 0 Å². The van der Waals surface area contributed by atoms with Crippen LogP contribution in [0.1, 0.15) is 11.1 Å². The van der Waals surface area contributed by atoms with Gasteiger partial charge in [-0.25, -0.2) is 4.98 Å². The van der Waals surface area contributed by atoms with E-state index >= 15 is 0 Å². The highest BCUT2D eigenvalue weighted by molar-refractivity contribution is 6.37. The first-order valence-corrected chi connectivity index (χ1v) is 7.48. The molecule has 0 aliphatic rings. The van der Waals surface area contributed by atoms with Crippen LogP contribution in [0.3, 0.4) is 0 Å². The minimum atomic E-state index is 0.723. The number of H-pyrrole nitrogens is 1. The highest BCUT2D eigenvalue weighted by atomic mass is 35.5. The molecule has 3 heteroatoms. The van der Waals surface area contributed by atoms with Gasteiger partial charge in [-0.15, -0.1) is 0 Å². The molecule has 0 spiro atoms. The van der Waals surface area contributed by atoms with Crippen molar-refractivity contribution in [2.45, 2.75) is 0 Å². The molecule has 0 fully saturated rings. The SMILES string of the molecule is Clc1ccnc2[nH]c3ccc(C=Cc4ccccc4)cc3c12. The highest BCUT2D eigenvalue weighted by Crippen LogP contribution is 2.30.